The maximum absolute atomic E-state index is 5.71. The van der Waals surface area contributed by atoms with Gasteiger partial charge in [-0.05, 0) is 25.6 Å². The second-order valence-electron chi connectivity index (χ2n) is 2.43. The molecule has 1 aromatic carbocycles. The Morgan fingerprint density at radius 3 is 2.55 bits per heavy atom. The Morgan fingerprint density at radius 1 is 1.36 bits per heavy atom. The van der Waals surface area contributed by atoms with E-state index in [1.54, 1.807) is 0 Å². The van der Waals surface area contributed by atoms with Crippen LogP contribution in [-0.4, -0.2) is 16.0 Å². The summed E-state index contributed by atoms with van der Waals surface area (Å²) in [5, 5.41) is 0. The quantitative estimate of drug-likeness (QED) is 0.502. The van der Waals surface area contributed by atoms with Crippen LogP contribution in [0.4, 0.5) is 5.69 Å². The van der Waals surface area contributed by atoms with Crippen LogP contribution in [0.15, 0.2) is 24.3 Å². The summed E-state index contributed by atoms with van der Waals surface area (Å²) in [5.41, 5.74) is 2.48. The van der Waals surface area contributed by atoms with Gasteiger partial charge < -0.3 is 4.57 Å². The Balaban J connectivity index is 2.93. The van der Waals surface area contributed by atoms with Gasteiger partial charge in [0.2, 0.25) is 0 Å². The van der Waals surface area contributed by atoms with Crippen LogP contribution < -0.4 is 4.57 Å². The normalized spacial score (nSPS) is 9.73. The van der Waals surface area contributed by atoms with Crippen LogP contribution in [-0.2, 0) is 0 Å². The molecular formula is C8H10ClNSi. The molecule has 0 atom stereocenters. The van der Waals surface area contributed by atoms with E-state index >= 15 is 0 Å². The molecule has 0 unspecified atom stereocenters. The number of rotatable bonds is 2. The summed E-state index contributed by atoms with van der Waals surface area (Å²) in [6, 6.07) is 8.22. The Bertz CT molecular complexity index is 239. The Kier molecular flexibility index (Phi) is 2.97. The highest BCUT2D eigenvalue weighted by atomic mass is 35.6. The maximum Gasteiger partial charge on any atom is 0.310 e. The first-order valence-electron chi connectivity index (χ1n) is 3.41. The molecule has 0 N–H and O–H groups in total. The number of aryl methyl sites for hydroxylation is 1. The number of hydrogen-bond donors (Lipinski definition) is 0. The van der Waals surface area contributed by atoms with Gasteiger partial charge in [-0.1, -0.05) is 18.2 Å². The van der Waals surface area contributed by atoms with Crippen molar-refractivity contribution in [1.82, 2.24) is 0 Å². The van der Waals surface area contributed by atoms with Gasteiger partial charge in [-0.2, -0.15) is 0 Å². The maximum atomic E-state index is 5.71. The smallest absolute Gasteiger partial charge is 0.310 e. The monoisotopic (exact) mass is 183 g/mol. The number of benzene rings is 1. The number of nitrogens with zero attached hydrogens (tertiary/aromatic N) is 1. The molecule has 1 nitrogen and oxygen atoms in total. The number of halogens is 1. The minimum atomic E-state index is 0.311. The minimum Gasteiger partial charge on any atom is -0.388 e. The fourth-order valence-electron chi connectivity index (χ4n) is 0.985. The van der Waals surface area contributed by atoms with E-state index in [0.29, 0.717) is 8.99 Å². The Labute approximate surface area is 74.6 Å². The van der Waals surface area contributed by atoms with Crippen molar-refractivity contribution < 1.29 is 0 Å². The zero-order chi connectivity index (χ0) is 8.27. The molecule has 0 aromatic heterocycles. The first-order chi connectivity index (χ1) is 5.25. The van der Waals surface area contributed by atoms with Crippen LogP contribution >= 0.6 is 11.1 Å². The second kappa shape index (κ2) is 3.79. The summed E-state index contributed by atoms with van der Waals surface area (Å²) in [7, 11) is 2.30. The highest BCUT2D eigenvalue weighted by Crippen LogP contribution is 2.16. The molecule has 0 spiro atoms. The molecule has 0 heterocycles. The molecule has 11 heavy (non-hydrogen) atoms. The van der Waals surface area contributed by atoms with Gasteiger partial charge in [-0.3, -0.25) is 0 Å². The van der Waals surface area contributed by atoms with Gasteiger partial charge >= 0.3 is 8.99 Å². The Morgan fingerprint density at radius 2 is 2.00 bits per heavy atom. The summed E-state index contributed by atoms with van der Waals surface area (Å²) in [5.74, 6) is 0. The Hall–Kier alpha value is -0.473. The first kappa shape index (κ1) is 8.62. The average Bonchev–Trinajstić information content (AvgIpc) is 2.04. The highest BCUT2D eigenvalue weighted by Gasteiger charge is 2.01. The summed E-state index contributed by atoms with van der Waals surface area (Å²) in [6.07, 6.45) is 0. The van der Waals surface area contributed by atoms with Crippen LogP contribution in [0.3, 0.4) is 0 Å². The van der Waals surface area contributed by atoms with Gasteiger partial charge in [0.1, 0.15) is 0 Å². The van der Waals surface area contributed by atoms with Crippen molar-refractivity contribution in [2.75, 3.05) is 11.6 Å². The van der Waals surface area contributed by atoms with Crippen molar-refractivity contribution in [3.05, 3.63) is 29.8 Å². The van der Waals surface area contributed by atoms with Crippen molar-refractivity contribution in [3.63, 3.8) is 0 Å². The minimum absolute atomic E-state index is 0.311. The topological polar surface area (TPSA) is 3.24 Å². The van der Waals surface area contributed by atoms with Gasteiger partial charge in [-0.25, -0.2) is 0 Å². The SMILES string of the molecule is Cc1ccccc1N(C)[Si]Cl. The molecule has 0 aliphatic heterocycles. The number of anilines is 1. The van der Waals surface area contributed by atoms with Crippen molar-refractivity contribution in [2.45, 2.75) is 6.92 Å². The van der Waals surface area contributed by atoms with E-state index in [-0.39, 0.29) is 0 Å². The highest BCUT2D eigenvalue weighted by molar-refractivity contribution is 6.95. The predicted octanol–water partition coefficient (Wildman–Crippen LogP) is 2.20. The molecule has 1 rings (SSSR count). The lowest BCUT2D eigenvalue weighted by molar-refractivity contribution is 1.29. The summed E-state index contributed by atoms with van der Waals surface area (Å²) < 4.78 is 2.04. The fraction of sp³-hybridized carbons (Fsp3) is 0.250. The van der Waals surface area contributed by atoms with E-state index in [9.17, 15) is 0 Å². The van der Waals surface area contributed by atoms with Crippen molar-refractivity contribution in [3.8, 4) is 0 Å². The van der Waals surface area contributed by atoms with E-state index in [4.69, 9.17) is 11.1 Å². The number of hydrogen-bond acceptors (Lipinski definition) is 1. The largest absolute Gasteiger partial charge is 0.388 e. The predicted molar refractivity (Wildman–Crippen MR) is 51.2 cm³/mol. The molecule has 2 radical (unpaired) electrons. The van der Waals surface area contributed by atoms with Gasteiger partial charge in [-0.15, -0.1) is 11.1 Å². The zero-order valence-electron chi connectivity index (χ0n) is 6.63. The van der Waals surface area contributed by atoms with E-state index in [2.05, 4.69) is 19.1 Å². The van der Waals surface area contributed by atoms with Crippen LogP contribution in [0.1, 0.15) is 5.56 Å². The number of para-hydroxylation sites is 1. The summed E-state index contributed by atoms with van der Waals surface area (Å²) in [4.78, 5) is 0. The lowest BCUT2D eigenvalue weighted by Crippen LogP contribution is -2.18. The van der Waals surface area contributed by atoms with E-state index in [1.165, 1.54) is 11.3 Å². The molecule has 58 valence electrons. The molecule has 0 saturated carbocycles. The molecule has 0 amide bonds. The van der Waals surface area contributed by atoms with E-state index in [1.807, 2.05) is 23.7 Å². The molecule has 1 aromatic rings. The van der Waals surface area contributed by atoms with Crippen LogP contribution in [0.5, 0.6) is 0 Å². The third-order valence-corrected chi connectivity index (χ3v) is 2.86. The summed E-state index contributed by atoms with van der Waals surface area (Å²) >= 11 is 5.71. The average molecular weight is 184 g/mol. The molecular weight excluding hydrogens is 174 g/mol. The van der Waals surface area contributed by atoms with Crippen LogP contribution in [0.2, 0.25) is 0 Å². The first-order valence-corrected chi connectivity index (χ1v) is 5.37. The molecule has 0 aliphatic rings. The summed E-state index contributed by atoms with van der Waals surface area (Å²) in [6.45, 7) is 2.09. The van der Waals surface area contributed by atoms with Gasteiger partial charge in [0, 0.05) is 5.69 Å². The van der Waals surface area contributed by atoms with Crippen molar-refractivity contribution in [1.29, 1.82) is 0 Å². The van der Waals surface area contributed by atoms with Crippen molar-refractivity contribution >= 4 is 25.8 Å². The zero-order valence-corrected chi connectivity index (χ0v) is 8.39. The van der Waals surface area contributed by atoms with Gasteiger partial charge in [0.25, 0.3) is 0 Å². The molecule has 0 aliphatic carbocycles. The van der Waals surface area contributed by atoms with Gasteiger partial charge in [0.05, 0.1) is 0 Å². The third-order valence-electron chi connectivity index (χ3n) is 1.60. The second-order valence-corrected chi connectivity index (χ2v) is 3.78. The standard InChI is InChI=1S/C8H10ClNSi/c1-7-5-3-4-6-8(7)10(2)11-9/h3-6H,1-2H3. The molecule has 3 heteroatoms. The van der Waals surface area contributed by atoms with E-state index in [0.717, 1.165) is 0 Å². The van der Waals surface area contributed by atoms with Crippen LogP contribution in [0.25, 0.3) is 0 Å². The van der Waals surface area contributed by atoms with Gasteiger partial charge in [0.15, 0.2) is 0 Å². The third kappa shape index (κ3) is 1.98. The van der Waals surface area contributed by atoms with Crippen molar-refractivity contribution in [2.24, 2.45) is 0 Å². The molecule has 0 bridgehead atoms. The molecule has 0 fully saturated rings. The fourth-order valence-corrected chi connectivity index (χ4v) is 1.60. The molecule has 0 saturated heterocycles. The lowest BCUT2D eigenvalue weighted by Gasteiger charge is -2.16. The lowest BCUT2D eigenvalue weighted by atomic mass is 10.2. The van der Waals surface area contributed by atoms with E-state index < -0.39 is 0 Å². The van der Waals surface area contributed by atoms with Crippen LogP contribution in [0, 0.1) is 6.92 Å².